The maximum atomic E-state index is 12.8. The average Bonchev–Trinajstić information content (AvgIpc) is 3.10. The van der Waals surface area contributed by atoms with Crippen molar-refractivity contribution < 1.29 is 32.2 Å². The average molecular weight is 704 g/mol. The topological polar surface area (TPSA) is 104 Å². The van der Waals surface area contributed by atoms with Gasteiger partial charge in [-0.2, -0.15) is 4.39 Å². The van der Waals surface area contributed by atoms with Crippen molar-refractivity contribution in [3.05, 3.63) is 113 Å². The van der Waals surface area contributed by atoms with E-state index in [4.69, 9.17) is 10.5 Å². The van der Waals surface area contributed by atoms with E-state index < -0.39 is 29.6 Å². The van der Waals surface area contributed by atoms with Gasteiger partial charge in [-0.3, -0.25) is 4.79 Å². The molecule has 3 aromatic rings. The second kappa shape index (κ2) is 26.4. The summed E-state index contributed by atoms with van der Waals surface area (Å²) >= 11 is 4.18. The highest BCUT2D eigenvalue weighted by Crippen LogP contribution is 2.21. The summed E-state index contributed by atoms with van der Waals surface area (Å²) in [6, 6.07) is 12.3. The number of esters is 1. The van der Waals surface area contributed by atoms with Gasteiger partial charge in [0.05, 0.1) is 20.0 Å². The van der Waals surface area contributed by atoms with E-state index in [1.165, 1.54) is 26.3 Å². The molecule has 1 amide bonds. The third-order valence-electron chi connectivity index (χ3n) is 6.56. The Hall–Kier alpha value is -4.51. The molecule has 0 radical (unpaired) electrons. The Morgan fingerprint density at radius 2 is 1.45 bits per heavy atom. The summed E-state index contributed by atoms with van der Waals surface area (Å²) in [6.45, 7) is 17.1. The van der Waals surface area contributed by atoms with Crippen LogP contribution in [0.5, 0.6) is 0 Å². The number of nitrogens with one attached hydrogen (secondary N) is 1. The van der Waals surface area contributed by atoms with Crippen molar-refractivity contribution in [1.82, 2.24) is 10.3 Å². The van der Waals surface area contributed by atoms with E-state index in [-0.39, 0.29) is 11.3 Å². The molecule has 2 aromatic carbocycles. The van der Waals surface area contributed by atoms with Crippen LogP contribution in [0.4, 0.5) is 18.9 Å². The molecule has 270 valence electrons. The minimum atomic E-state index is -0.658. The molecule has 0 saturated heterocycles. The second-order valence-corrected chi connectivity index (χ2v) is 10.4. The van der Waals surface area contributed by atoms with Gasteiger partial charge in [-0.05, 0) is 93.6 Å². The number of carbonyl (C=O) groups excluding carboxylic acids is 2. The molecule has 1 heterocycles. The molecule has 1 aromatic heterocycles. The van der Waals surface area contributed by atoms with Crippen molar-refractivity contribution in [2.45, 2.75) is 79.7 Å². The third-order valence-corrected chi connectivity index (χ3v) is 6.85. The molecular formula is C38H52F3N3O4S. The van der Waals surface area contributed by atoms with E-state index in [0.717, 1.165) is 50.6 Å². The number of methoxy groups -OCH3 is 2. The number of nitrogens with two attached hydrogens (primary N) is 1. The summed E-state index contributed by atoms with van der Waals surface area (Å²) in [4.78, 5) is 26.4. The van der Waals surface area contributed by atoms with Gasteiger partial charge in [0, 0.05) is 28.4 Å². The lowest BCUT2D eigenvalue weighted by Gasteiger charge is -2.13. The Bertz CT molecular complexity index is 1500. The van der Waals surface area contributed by atoms with Crippen LogP contribution in [0.1, 0.15) is 67.4 Å². The van der Waals surface area contributed by atoms with Crippen LogP contribution in [0.25, 0.3) is 11.1 Å². The molecule has 1 atom stereocenters. The quantitative estimate of drug-likeness (QED) is 0.0390. The predicted octanol–water partition coefficient (Wildman–Crippen LogP) is 9.58. The molecule has 3 rings (SSSR count). The Morgan fingerprint density at radius 1 is 0.898 bits per heavy atom. The molecule has 7 nitrogen and oxygen atoms in total. The minimum absolute atomic E-state index is 0.00852. The highest BCUT2D eigenvalue weighted by atomic mass is 32.1. The molecule has 0 aliphatic heterocycles. The Balaban J connectivity index is 0. The summed E-state index contributed by atoms with van der Waals surface area (Å²) in [5.74, 6) is -1.25. The van der Waals surface area contributed by atoms with Gasteiger partial charge < -0.3 is 20.5 Å². The molecule has 0 spiro atoms. The standard InChI is InChI=1S/C16H25NO4.C11H8FNS.C7H7F2N.2C2H6/c1-11(9-15(17-10-18)16(19)21-6)7-8-12(2)13(3)14(4)20-5;12-11-7-9(5-6-13-11)8-1-3-10(14)4-2-8;1-4-6(8)2-5(10)3-7(4)9;2*1-2/h7-8,10,15H,9H2,1-6H3,(H,17,18);1-7,14H;2-3H,10H2,1H3;2*1-2H3/b11-7+,12-8+,14-13-;;;;. The number of nitrogen functional groups attached to an aromatic ring is 1. The summed E-state index contributed by atoms with van der Waals surface area (Å²) in [6.07, 6.45) is 6.25. The fourth-order valence-corrected chi connectivity index (χ4v) is 3.70. The van der Waals surface area contributed by atoms with Crippen LogP contribution in [0.2, 0.25) is 0 Å². The van der Waals surface area contributed by atoms with Crippen molar-refractivity contribution in [1.29, 1.82) is 0 Å². The van der Waals surface area contributed by atoms with E-state index in [1.807, 2.05) is 91.8 Å². The first-order chi connectivity index (χ1) is 23.2. The minimum Gasteiger partial charge on any atom is -0.501 e. The second-order valence-electron chi connectivity index (χ2n) is 9.84. The van der Waals surface area contributed by atoms with Gasteiger partial charge in [-0.15, -0.1) is 12.6 Å². The zero-order chi connectivity index (χ0) is 38.1. The number of ether oxygens (including phenoxy) is 2. The van der Waals surface area contributed by atoms with Gasteiger partial charge in [-0.25, -0.2) is 18.6 Å². The van der Waals surface area contributed by atoms with Crippen LogP contribution in [0.15, 0.2) is 94.3 Å². The fourth-order valence-electron chi connectivity index (χ4n) is 3.55. The molecule has 0 saturated carbocycles. The first-order valence-electron chi connectivity index (χ1n) is 15.7. The van der Waals surface area contributed by atoms with Gasteiger partial charge in [0.15, 0.2) is 0 Å². The number of allylic oxidation sites excluding steroid dienone is 5. The summed E-state index contributed by atoms with van der Waals surface area (Å²) in [5.41, 5.74) is 10.2. The maximum Gasteiger partial charge on any atom is 0.328 e. The molecule has 49 heavy (non-hydrogen) atoms. The lowest BCUT2D eigenvalue weighted by Crippen LogP contribution is -2.36. The van der Waals surface area contributed by atoms with Crippen molar-refractivity contribution in [3.63, 3.8) is 0 Å². The maximum absolute atomic E-state index is 12.8. The number of amides is 1. The van der Waals surface area contributed by atoms with Crippen molar-refractivity contribution in [2.75, 3.05) is 20.0 Å². The largest absolute Gasteiger partial charge is 0.501 e. The van der Waals surface area contributed by atoms with E-state index >= 15 is 0 Å². The number of anilines is 1. The van der Waals surface area contributed by atoms with Gasteiger partial charge in [0.1, 0.15) is 17.7 Å². The molecule has 11 heteroatoms. The number of benzene rings is 2. The Morgan fingerprint density at radius 3 is 1.92 bits per heavy atom. The molecule has 0 bridgehead atoms. The fraction of sp³-hybridized carbons (Fsp3) is 0.342. The molecule has 0 fully saturated rings. The number of hydrogen-bond acceptors (Lipinski definition) is 7. The predicted molar refractivity (Wildman–Crippen MR) is 198 cm³/mol. The molecule has 0 aliphatic carbocycles. The summed E-state index contributed by atoms with van der Waals surface area (Å²) in [5, 5.41) is 2.46. The summed E-state index contributed by atoms with van der Waals surface area (Å²) < 4.78 is 47.7. The van der Waals surface area contributed by atoms with E-state index in [9.17, 15) is 22.8 Å². The normalized spacial score (nSPS) is 11.6. The first-order valence-corrected chi connectivity index (χ1v) is 16.1. The highest BCUT2D eigenvalue weighted by molar-refractivity contribution is 7.80. The van der Waals surface area contributed by atoms with E-state index in [1.54, 1.807) is 13.2 Å². The molecule has 0 aliphatic rings. The van der Waals surface area contributed by atoms with Crippen molar-refractivity contribution >= 4 is 30.7 Å². The van der Waals surface area contributed by atoms with Crippen molar-refractivity contribution in [2.24, 2.45) is 0 Å². The monoisotopic (exact) mass is 703 g/mol. The van der Waals surface area contributed by atoms with Gasteiger partial charge in [0.25, 0.3) is 0 Å². The number of pyridine rings is 1. The van der Waals surface area contributed by atoms with Gasteiger partial charge in [-0.1, -0.05) is 57.6 Å². The van der Waals surface area contributed by atoms with Crippen LogP contribution < -0.4 is 11.1 Å². The number of nitrogens with zero attached hydrogens (tertiary/aromatic N) is 1. The number of thiol groups is 1. The number of carbonyl (C=O) groups is 2. The van der Waals surface area contributed by atoms with Gasteiger partial charge in [0.2, 0.25) is 12.4 Å². The Kier molecular flexibility index (Phi) is 25.2. The summed E-state index contributed by atoms with van der Waals surface area (Å²) in [7, 11) is 2.94. The van der Waals surface area contributed by atoms with Gasteiger partial charge >= 0.3 is 5.97 Å². The number of halogens is 3. The zero-order valence-electron chi connectivity index (χ0n) is 30.5. The highest BCUT2D eigenvalue weighted by Gasteiger charge is 2.18. The molecular weight excluding hydrogens is 651 g/mol. The van der Waals surface area contributed by atoms with Crippen LogP contribution in [-0.2, 0) is 19.1 Å². The van der Waals surface area contributed by atoms with Crippen LogP contribution in [0, 0.1) is 24.5 Å². The van der Waals surface area contributed by atoms with Crippen LogP contribution >= 0.6 is 12.6 Å². The first kappa shape index (κ1) is 46.6. The molecule has 1 unspecified atom stereocenters. The lowest BCUT2D eigenvalue weighted by atomic mass is 10.0. The molecule has 3 N–H and O–H groups in total. The Labute approximate surface area is 295 Å². The van der Waals surface area contributed by atoms with E-state index in [2.05, 4.69) is 27.7 Å². The zero-order valence-corrected chi connectivity index (χ0v) is 31.3. The van der Waals surface area contributed by atoms with Crippen LogP contribution in [0.3, 0.4) is 0 Å². The number of hydrogen-bond donors (Lipinski definition) is 3. The number of aromatic nitrogens is 1. The third kappa shape index (κ3) is 18.6. The lowest BCUT2D eigenvalue weighted by molar-refractivity contribution is -0.144. The SMILES string of the molecule is CC.CC.COC(=O)C(C/C(C)=C/C=C(C)/C(C)=C(/C)OC)NC=O.Cc1c(F)cc(N)cc1F.Fc1cc(-c2ccc(S)cc2)ccn1. The number of rotatable bonds is 9. The van der Waals surface area contributed by atoms with E-state index in [0.29, 0.717) is 12.8 Å². The van der Waals surface area contributed by atoms with Crippen LogP contribution in [-0.4, -0.2) is 37.6 Å². The van der Waals surface area contributed by atoms with Crippen molar-refractivity contribution in [3.8, 4) is 11.1 Å². The smallest absolute Gasteiger partial charge is 0.328 e.